The van der Waals surface area contributed by atoms with Crippen LogP contribution in [0.5, 0.6) is 0 Å². The van der Waals surface area contributed by atoms with Gasteiger partial charge in [-0.1, -0.05) is 37.3 Å². The Balaban J connectivity index is 1.74. The van der Waals surface area contributed by atoms with Gasteiger partial charge in [-0.2, -0.15) is 0 Å². The van der Waals surface area contributed by atoms with E-state index in [0.29, 0.717) is 6.54 Å². The molecule has 0 radical (unpaired) electrons. The highest BCUT2D eigenvalue weighted by Gasteiger charge is 2.23. The molecule has 6 nitrogen and oxygen atoms in total. The van der Waals surface area contributed by atoms with Crippen LogP contribution in [0.4, 0.5) is 8.78 Å². The minimum atomic E-state index is -1.07. The van der Waals surface area contributed by atoms with Gasteiger partial charge >= 0.3 is 5.97 Å². The molecule has 0 saturated heterocycles. The number of nitrogens with one attached hydrogen (secondary N) is 2. The number of methoxy groups -OCH3 is 1. The number of benzene rings is 3. The monoisotopic (exact) mass is 496 g/mol. The lowest BCUT2D eigenvalue weighted by atomic mass is 9.99. The van der Waals surface area contributed by atoms with E-state index >= 15 is 0 Å². The van der Waals surface area contributed by atoms with E-state index in [9.17, 15) is 23.5 Å². The lowest BCUT2D eigenvalue weighted by Crippen LogP contribution is -2.48. The van der Waals surface area contributed by atoms with E-state index in [0.717, 1.165) is 30.2 Å². The zero-order valence-electron chi connectivity index (χ0n) is 20.3. The first kappa shape index (κ1) is 27.0. The van der Waals surface area contributed by atoms with E-state index in [1.165, 1.54) is 30.9 Å². The number of aryl methyl sites for hydroxylation is 1. The molecule has 0 fully saturated rings. The van der Waals surface area contributed by atoms with Crippen molar-refractivity contribution in [3.63, 3.8) is 0 Å². The summed E-state index contributed by atoms with van der Waals surface area (Å²) < 4.78 is 32.2. The number of esters is 1. The van der Waals surface area contributed by atoms with Crippen molar-refractivity contribution >= 4 is 11.9 Å². The predicted octanol–water partition coefficient (Wildman–Crippen LogP) is 3.81. The van der Waals surface area contributed by atoms with Gasteiger partial charge in [0.2, 0.25) is 0 Å². The lowest BCUT2D eigenvalue weighted by molar-refractivity contribution is 0.0600. The minimum absolute atomic E-state index is 0.00865. The summed E-state index contributed by atoms with van der Waals surface area (Å²) in [4.78, 5) is 24.8. The molecule has 0 aliphatic carbocycles. The number of ether oxygens (including phenoxy) is 1. The Morgan fingerprint density at radius 3 is 2.28 bits per heavy atom. The van der Waals surface area contributed by atoms with E-state index in [1.807, 2.05) is 18.2 Å². The topological polar surface area (TPSA) is 87.7 Å². The molecule has 0 heterocycles. The number of aliphatic hydroxyl groups is 1. The van der Waals surface area contributed by atoms with Crippen LogP contribution in [0.25, 0.3) is 0 Å². The molecule has 3 N–H and O–H groups in total. The SMILES string of the molecule is CCc1cccc(CNC[C@@H](O)[C@H](Cc2cc(F)cc(F)c2)NC(=O)c2cccc(C(=O)OC)c2)c1. The number of carbonyl (C=O) groups is 2. The van der Waals surface area contributed by atoms with E-state index in [4.69, 9.17) is 4.74 Å². The van der Waals surface area contributed by atoms with Crippen molar-refractivity contribution in [3.8, 4) is 0 Å². The Hall–Kier alpha value is -3.62. The number of aliphatic hydroxyl groups excluding tert-OH is 1. The second kappa shape index (κ2) is 12.9. The first-order chi connectivity index (χ1) is 17.3. The summed E-state index contributed by atoms with van der Waals surface area (Å²) in [7, 11) is 1.24. The van der Waals surface area contributed by atoms with E-state index < -0.39 is 35.7 Å². The first-order valence-corrected chi connectivity index (χ1v) is 11.7. The molecule has 1 amide bonds. The maximum atomic E-state index is 13.8. The van der Waals surface area contributed by atoms with Gasteiger partial charge in [0, 0.05) is 24.7 Å². The Bertz CT molecular complexity index is 1180. The number of hydrogen-bond acceptors (Lipinski definition) is 5. The third-order valence-corrected chi connectivity index (χ3v) is 5.79. The standard InChI is InChI=1S/C28H30F2N2O4/c1-3-18-6-4-7-19(10-18)16-31-17-26(33)25(13-20-11-23(29)15-24(30)12-20)32-27(34)21-8-5-9-22(14-21)28(35)36-2/h4-12,14-15,25-26,31,33H,3,13,16-17H2,1-2H3,(H,32,34)/t25-,26+/m0/s1. The second-order valence-electron chi connectivity index (χ2n) is 8.51. The van der Waals surface area contributed by atoms with Gasteiger partial charge in [-0.3, -0.25) is 4.79 Å². The number of halogens is 2. The first-order valence-electron chi connectivity index (χ1n) is 11.7. The van der Waals surface area contributed by atoms with Crippen LogP contribution >= 0.6 is 0 Å². The molecule has 0 aliphatic heterocycles. The zero-order chi connectivity index (χ0) is 26.1. The highest BCUT2D eigenvalue weighted by atomic mass is 19.1. The van der Waals surface area contributed by atoms with Crippen LogP contribution in [0.15, 0.2) is 66.7 Å². The number of rotatable bonds is 11. The highest BCUT2D eigenvalue weighted by Crippen LogP contribution is 2.14. The zero-order valence-corrected chi connectivity index (χ0v) is 20.3. The molecule has 3 rings (SSSR count). The van der Waals surface area contributed by atoms with Crippen molar-refractivity contribution in [2.24, 2.45) is 0 Å². The second-order valence-corrected chi connectivity index (χ2v) is 8.51. The summed E-state index contributed by atoms with van der Waals surface area (Å²) in [5.74, 6) is -2.63. The third-order valence-electron chi connectivity index (χ3n) is 5.79. The van der Waals surface area contributed by atoms with Crippen LogP contribution in [0.1, 0.15) is 44.3 Å². The smallest absolute Gasteiger partial charge is 0.337 e. The Morgan fingerprint density at radius 2 is 1.58 bits per heavy atom. The molecule has 36 heavy (non-hydrogen) atoms. The van der Waals surface area contributed by atoms with Crippen molar-refractivity contribution in [2.45, 2.75) is 38.5 Å². The fourth-order valence-corrected chi connectivity index (χ4v) is 3.89. The molecule has 3 aromatic rings. The summed E-state index contributed by atoms with van der Waals surface area (Å²) in [5.41, 5.74) is 2.92. The Morgan fingerprint density at radius 1 is 0.917 bits per heavy atom. The fraction of sp³-hybridized carbons (Fsp3) is 0.286. The maximum absolute atomic E-state index is 13.8. The van der Waals surface area contributed by atoms with Gasteiger partial charge in [-0.05, 0) is 59.9 Å². The van der Waals surface area contributed by atoms with Gasteiger partial charge in [-0.15, -0.1) is 0 Å². The molecule has 0 spiro atoms. The Labute approximate surface area is 209 Å². The summed E-state index contributed by atoms with van der Waals surface area (Å²) in [6.07, 6.45) is -0.171. The molecule has 0 aromatic heterocycles. The molecular formula is C28H30F2N2O4. The molecule has 0 bridgehead atoms. The van der Waals surface area contributed by atoms with Gasteiger partial charge < -0.3 is 20.5 Å². The minimum Gasteiger partial charge on any atom is -0.465 e. The van der Waals surface area contributed by atoms with Crippen molar-refractivity contribution in [2.75, 3.05) is 13.7 Å². The van der Waals surface area contributed by atoms with E-state index in [1.54, 1.807) is 6.07 Å². The van der Waals surface area contributed by atoms with E-state index in [-0.39, 0.29) is 29.7 Å². The summed E-state index contributed by atoms with van der Waals surface area (Å²) in [6.45, 7) is 2.70. The molecule has 0 aliphatic rings. The van der Waals surface area contributed by atoms with Gasteiger partial charge in [0.15, 0.2) is 0 Å². The number of amides is 1. The van der Waals surface area contributed by atoms with Gasteiger partial charge in [0.05, 0.1) is 24.8 Å². The summed E-state index contributed by atoms with van der Waals surface area (Å²) in [5, 5.41) is 16.8. The maximum Gasteiger partial charge on any atom is 0.337 e. The van der Waals surface area contributed by atoms with Gasteiger partial charge in [-0.25, -0.2) is 13.6 Å². The highest BCUT2D eigenvalue weighted by molar-refractivity contribution is 5.98. The average molecular weight is 497 g/mol. The number of hydrogen-bond donors (Lipinski definition) is 3. The fourth-order valence-electron chi connectivity index (χ4n) is 3.89. The largest absolute Gasteiger partial charge is 0.465 e. The van der Waals surface area contributed by atoms with Crippen LogP contribution in [0.3, 0.4) is 0 Å². The van der Waals surface area contributed by atoms with Crippen LogP contribution in [-0.4, -0.2) is 42.8 Å². The van der Waals surface area contributed by atoms with Crippen molar-refractivity contribution < 1.29 is 28.2 Å². The van der Waals surface area contributed by atoms with Crippen LogP contribution in [0.2, 0.25) is 0 Å². The van der Waals surface area contributed by atoms with Crippen LogP contribution in [0, 0.1) is 11.6 Å². The normalized spacial score (nSPS) is 12.6. The van der Waals surface area contributed by atoms with Gasteiger partial charge in [0.1, 0.15) is 11.6 Å². The summed E-state index contributed by atoms with van der Waals surface area (Å²) >= 11 is 0. The number of carbonyl (C=O) groups excluding carboxylic acids is 2. The molecule has 2 atom stereocenters. The molecule has 3 aromatic carbocycles. The van der Waals surface area contributed by atoms with E-state index in [2.05, 4.69) is 23.6 Å². The average Bonchev–Trinajstić information content (AvgIpc) is 2.87. The molecule has 0 saturated carbocycles. The molecular weight excluding hydrogens is 466 g/mol. The molecule has 0 unspecified atom stereocenters. The van der Waals surface area contributed by atoms with Crippen LogP contribution in [-0.2, 0) is 24.1 Å². The van der Waals surface area contributed by atoms with Crippen molar-refractivity contribution in [3.05, 3.63) is 106 Å². The quantitative estimate of drug-likeness (QED) is 0.352. The molecule has 190 valence electrons. The van der Waals surface area contributed by atoms with Gasteiger partial charge in [0.25, 0.3) is 5.91 Å². The summed E-state index contributed by atoms with van der Waals surface area (Å²) in [6, 6.07) is 16.2. The predicted molar refractivity (Wildman–Crippen MR) is 133 cm³/mol. The van der Waals surface area contributed by atoms with Crippen LogP contribution < -0.4 is 10.6 Å². The van der Waals surface area contributed by atoms with Crippen molar-refractivity contribution in [1.82, 2.24) is 10.6 Å². The van der Waals surface area contributed by atoms with Crippen molar-refractivity contribution in [1.29, 1.82) is 0 Å². The molecule has 8 heteroatoms. The Kier molecular flexibility index (Phi) is 9.67. The lowest BCUT2D eigenvalue weighted by Gasteiger charge is -2.25. The third kappa shape index (κ3) is 7.69.